The Morgan fingerprint density at radius 2 is 2.35 bits per heavy atom. The molecule has 0 spiro atoms. The lowest BCUT2D eigenvalue weighted by Gasteiger charge is -2.21. The smallest absolute Gasteiger partial charge is 0.126 e. The van der Waals surface area contributed by atoms with E-state index in [4.69, 9.17) is 16.3 Å². The quantitative estimate of drug-likeness (QED) is 0.903. The highest BCUT2D eigenvalue weighted by atomic mass is 35.5. The zero-order valence-corrected chi connectivity index (χ0v) is 10.5. The minimum Gasteiger partial charge on any atom is -0.392 e. The van der Waals surface area contributed by atoms with Gasteiger partial charge in [0.1, 0.15) is 5.82 Å². The molecule has 1 aromatic rings. The summed E-state index contributed by atoms with van der Waals surface area (Å²) in [6.45, 7) is 2.61. The first-order valence-corrected chi connectivity index (χ1v) is 6.19. The molecule has 3 atom stereocenters. The Morgan fingerprint density at radius 3 is 3.00 bits per heavy atom. The fraction of sp³-hybridized carbons (Fsp3) is 0.538. The first-order chi connectivity index (χ1) is 8.08. The van der Waals surface area contributed by atoms with Crippen molar-refractivity contribution in [2.75, 3.05) is 6.61 Å². The molecule has 2 rings (SSSR count). The summed E-state index contributed by atoms with van der Waals surface area (Å²) in [4.78, 5) is 0. The van der Waals surface area contributed by atoms with Crippen LogP contribution in [0.15, 0.2) is 18.2 Å². The van der Waals surface area contributed by atoms with Crippen molar-refractivity contribution >= 4 is 11.6 Å². The van der Waals surface area contributed by atoms with Gasteiger partial charge in [0.15, 0.2) is 0 Å². The van der Waals surface area contributed by atoms with Gasteiger partial charge in [-0.3, -0.25) is 0 Å². The Labute approximate surface area is 105 Å². The molecule has 94 valence electrons. The van der Waals surface area contributed by atoms with Crippen LogP contribution >= 0.6 is 11.6 Å². The third kappa shape index (κ3) is 2.97. The number of halogens is 2. The second-order valence-electron chi connectivity index (χ2n) is 4.54. The molecule has 0 aromatic heterocycles. The minimum absolute atomic E-state index is 0.0345. The van der Waals surface area contributed by atoms with Gasteiger partial charge in [-0.15, -0.1) is 0 Å². The van der Waals surface area contributed by atoms with E-state index >= 15 is 0 Å². The van der Waals surface area contributed by atoms with Crippen LogP contribution in [0.3, 0.4) is 0 Å². The van der Waals surface area contributed by atoms with Crippen LogP contribution in [0.5, 0.6) is 0 Å². The highest BCUT2D eigenvalue weighted by molar-refractivity contribution is 6.30. The van der Waals surface area contributed by atoms with Gasteiger partial charge in [0.05, 0.1) is 12.2 Å². The summed E-state index contributed by atoms with van der Waals surface area (Å²) in [6, 6.07) is 4.41. The summed E-state index contributed by atoms with van der Waals surface area (Å²) < 4.78 is 18.9. The van der Waals surface area contributed by atoms with Crippen molar-refractivity contribution < 1.29 is 14.2 Å². The lowest BCUT2D eigenvalue weighted by Crippen LogP contribution is -2.28. The molecule has 0 bridgehead atoms. The largest absolute Gasteiger partial charge is 0.392 e. The number of hydrogen-bond donors (Lipinski definition) is 1. The molecule has 0 amide bonds. The van der Waals surface area contributed by atoms with E-state index in [0.717, 1.165) is 6.42 Å². The molecule has 0 aliphatic carbocycles. The van der Waals surface area contributed by atoms with Crippen LogP contribution in [0.25, 0.3) is 0 Å². The summed E-state index contributed by atoms with van der Waals surface area (Å²) in [6.07, 6.45) is 0.558. The summed E-state index contributed by atoms with van der Waals surface area (Å²) in [5, 5.41) is 10.6. The van der Waals surface area contributed by atoms with Crippen molar-refractivity contribution in [1.29, 1.82) is 0 Å². The molecule has 1 aliphatic rings. The van der Waals surface area contributed by atoms with Crippen molar-refractivity contribution in [3.63, 3.8) is 0 Å². The monoisotopic (exact) mass is 258 g/mol. The van der Waals surface area contributed by atoms with E-state index in [1.807, 2.05) is 6.92 Å². The van der Waals surface area contributed by atoms with Gasteiger partial charge in [-0.1, -0.05) is 11.6 Å². The molecular weight excluding hydrogens is 243 g/mol. The molecule has 0 radical (unpaired) electrons. The molecule has 0 saturated carbocycles. The van der Waals surface area contributed by atoms with E-state index in [9.17, 15) is 9.50 Å². The highest BCUT2D eigenvalue weighted by Gasteiger charge is 2.31. The van der Waals surface area contributed by atoms with Crippen LogP contribution < -0.4 is 0 Å². The maximum Gasteiger partial charge on any atom is 0.126 e. The molecule has 1 saturated heterocycles. The Morgan fingerprint density at radius 1 is 1.59 bits per heavy atom. The van der Waals surface area contributed by atoms with Crippen LogP contribution in [-0.2, 0) is 11.2 Å². The van der Waals surface area contributed by atoms with Gasteiger partial charge >= 0.3 is 0 Å². The molecule has 1 aliphatic heterocycles. The SMILES string of the molecule is CC1OCCC1C(O)Cc1cc(Cl)ccc1F. The molecular formula is C13H16ClFO2. The maximum atomic E-state index is 13.5. The lowest BCUT2D eigenvalue weighted by atomic mass is 9.91. The zero-order valence-electron chi connectivity index (χ0n) is 9.70. The summed E-state index contributed by atoms with van der Waals surface area (Å²) in [5.74, 6) is -0.242. The second kappa shape index (κ2) is 5.34. The van der Waals surface area contributed by atoms with Crippen molar-refractivity contribution in [1.82, 2.24) is 0 Å². The van der Waals surface area contributed by atoms with Gasteiger partial charge in [-0.25, -0.2) is 4.39 Å². The molecule has 2 nitrogen and oxygen atoms in total. The molecule has 1 heterocycles. The van der Waals surface area contributed by atoms with Gasteiger partial charge in [-0.2, -0.15) is 0 Å². The third-order valence-corrected chi connectivity index (χ3v) is 3.60. The summed E-state index contributed by atoms with van der Waals surface area (Å²) in [7, 11) is 0. The Hall–Kier alpha value is -0.640. The van der Waals surface area contributed by atoms with Crippen LogP contribution in [0.1, 0.15) is 18.9 Å². The fourth-order valence-electron chi connectivity index (χ4n) is 2.33. The Balaban J connectivity index is 2.07. The fourth-order valence-corrected chi connectivity index (χ4v) is 2.52. The van der Waals surface area contributed by atoms with Crippen LogP contribution in [-0.4, -0.2) is 23.9 Å². The number of aliphatic hydroxyl groups excluding tert-OH is 1. The number of hydrogen-bond acceptors (Lipinski definition) is 2. The maximum absolute atomic E-state index is 13.5. The van der Waals surface area contributed by atoms with Gasteiger partial charge in [-0.05, 0) is 37.1 Å². The average molecular weight is 259 g/mol. The minimum atomic E-state index is -0.583. The molecule has 3 unspecified atom stereocenters. The normalized spacial score (nSPS) is 26.1. The van der Waals surface area contributed by atoms with Crippen molar-refractivity contribution in [3.8, 4) is 0 Å². The van der Waals surface area contributed by atoms with E-state index in [1.54, 1.807) is 6.07 Å². The number of benzene rings is 1. The molecule has 1 aromatic carbocycles. The number of rotatable bonds is 3. The zero-order chi connectivity index (χ0) is 12.4. The van der Waals surface area contributed by atoms with Gasteiger partial charge in [0.2, 0.25) is 0 Å². The number of aliphatic hydroxyl groups is 1. The predicted octanol–water partition coefficient (Wildman–Crippen LogP) is 2.81. The van der Waals surface area contributed by atoms with E-state index < -0.39 is 6.10 Å². The van der Waals surface area contributed by atoms with Crippen LogP contribution in [0.2, 0.25) is 5.02 Å². The molecule has 1 N–H and O–H groups in total. The van der Waals surface area contributed by atoms with Gasteiger partial charge < -0.3 is 9.84 Å². The first-order valence-electron chi connectivity index (χ1n) is 5.81. The summed E-state index contributed by atoms with van der Waals surface area (Å²) in [5.41, 5.74) is 0.462. The number of ether oxygens (including phenoxy) is 1. The molecule has 17 heavy (non-hydrogen) atoms. The first kappa shape index (κ1) is 12.8. The van der Waals surface area contributed by atoms with E-state index in [2.05, 4.69) is 0 Å². The van der Waals surface area contributed by atoms with E-state index in [-0.39, 0.29) is 24.3 Å². The highest BCUT2D eigenvalue weighted by Crippen LogP contribution is 2.27. The van der Waals surface area contributed by atoms with Crippen molar-refractivity contribution in [2.45, 2.75) is 32.0 Å². The van der Waals surface area contributed by atoms with Crippen molar-refractivity contribution in [2.24, 2.45) is 5.92 Å². The van der Waals surface area contributed by atoms with E-state index in [1.165, 1.54) is 12.1 Å². The molecule has 1 fully saturated rings. The van der Waals surface area contributed by atoms with Gasteiger partial charge in [0.25, 0.3) is 0 Å². The van der Waals surface area contributed by atoms with Crippen molar-refractivity contribution in [3.05, 3.63) is 34.6 Å². The van der Waals surface area contributed by atoms with Crippen LogP contribution in [0.4, 0.5) is 4.39 Å². The van der Waals surface area contributed by atoms with Crippen LogP contribution in [0, 0.1) is 11.7 Å². The topological polar surface area (TPSA) is 29.5 Å². The standard InChI is InChI=1S/C13H16ClFO2/c1-8-11(4-5-17-8)13(16)7-9-6-10(14)2-3-12(9)15/h2-3,6,8,11,13,16H,4-5,7H2,1H3. The third-order valence-electron chi connectivity index (χ3n) is 3.37. The Kier molecular flexibility index (Phi) is 4.02. The second-order valence-corrected chi connectivity index (χ2v) is 4.97. The lowest BCUT2D eigenvalue weighted by molar-refractivity contribution is 0.0437. The van der Waals surface area contributed by atoms with E-state index in [0.29, 0.717) is 17.2 Å². The summed E-state index contributed by atoms with van der Waals surface area (Å²) >= 11 is 5.82. The predicted molar refractivity (Wildman–Crippen MR) is 64.6 cm³/mol. The average Bonchev–Trinajstić information content (AvgIpc) is 2.70. The van der Waals surface area contributed by atoms with Gasteiger partial charge in [0, 0.05) is 24.0 Å². The molecule has 4 heteroatoms. The Bertz CT molecular complexity index is 397.